The summed E-state index contributed by atoms with van der Waals surface area (Å²) >= 11 is 0. The molecule has 2 N–H and O–H groups in total. The zero-order valence-electron chi connectivity index (χ0n) is 9.95. The Balaban J connectivity index is 3.27. The van der Waals surface area contributed by atoms with E-state index in [1.807, 2.05) is 6.92 Å². The third-order valence-corrected chi connectivity index (χ3v) is 2.13. The van der Waals surface area contributed by atoms with Crippen molar-refractivity contribution in [2.45, 2.75) is 46.3 Å². The lowest BCUT2D eigenvalue weighted by molar-refractivity contribution is -0.00322. The lowest BCUT2D eigenvalue weighted by atomic mass is 10.1. The van der Waals surface area contributed by atoms with Gasteiger partial charge in [0.2, 0.25) is 0 Å². The summed E-state index contributed by atoms with van der Waals surface area (Å²) in [6.45, 7) is 10.5. The molecule has 0 aliphatic heterocycles. The summed E-state index contributed by atoms with van der Waals surface area (Å²) in [5.74, 6) is 0.588. The molecule has 2 atom stereocenters. The van der Waals surface area contributed by atoms with E-state index in [9.17, 15) is 0 Å². The van der Waals surface area contributed by atoms with Crippen molar-refractivity contribution in [3.05, 3.63) is 0 Å². The predicted molar refractivity (Wildman–Crippen MR) is 59.3 cm³/mol. The Hall–Kier alpha value is -0.120. The first-order chi connectivity index (χ1) is 6.57. The second-order valence-electron chi connectivity index (χ2n) is 4.12. The van der Waals surface area contributed by atoms with Crippen molar-refractivity contribution < 1.29 is 9.47 Å². The molecule has 0 rings (SSSR count). The molecule has 0 bridgehead atoms. The highest BCUT2D eigenvalue weighted by Gasteiger charge is 2.09. The van der Waals surface area contributed by atoms with Gasteiger partial charge >= 0.3 is 0 Å². The van der Waals surface area contributed by atoms with E-state index in [0.717, 1.165) is 13.0 Å². The van der Waals surface area contributed by atoms with Gasteiger partial charge < -0.3 is 15.2 Å². The van der Waals surface area contributed by atoms with Crippen LogP contribution in [0.1, 0.15) is 34.1 Å². The summed E-state index contributed by atoms with van der Waals surface area (Å²) < 4.78 is 10.9. The third-order valence-electron chi connectivity index (χ3n) is 2.13. The lowest BCUT2D eigenvalue weighted by Gasteiger charge is -2.19. The van der Waals surface area contributed by atoms with Gasteiger partial charge in [-0.3, -0.25) is 0 Å². The molecule has 0 fully saturated rings. The molecule has 14 heavy (non-hydrogen) atoms. The Labute approximate surface area is 88.0 Å². The highest BCUT2D eigenvalue weighted by Crippen LogP contribution is 2.00. The lowest BCUT2D eigenvalue weighted by Crippen LogP contribution is -2.34. The van der Waals surface area contributed by atoms with Crippen LogP contribution in [-0.2, 0) is 9.47 Å². The number of hydrogen-bond acceptors (Lipinski definition) is 3. The summed E-state index contributed by atoms with van der Waals surface area (Å²) in [5.41, 5.74) is 5.81. The maximum absolute atomic E-state index is 5.81. The molecule has 0 amide bonds. The molecular formula is C11H25NO2. The van der Waals surface area contributed by atoms with Crippen LogP contribution in [-0.4, -0.2) is 32.0 Å². The average Bonchev–Trinajstić information content (AvgIpc) is 2.15. The normalized spacial score (nSPS) is 15.9. The molecule has 86 valence electrons. The summed E-state index contributed by atoms with van der Waals surface area (Å²) in [6.07, 6.45) is 1.08. The van der Waals surface area contributed by atoms with Crippen molar-refractivity contribution in [2.24, 2.45) is 11.7 Å². The largest absolute Gasteiger partial charge is 0.379 e. The minimum absolute atomic E-state index is 0.127. The van der Waals surface area contributed by atoms with E-state index in [4.69, 9.17) is 15.2 Å². The van der Waals surface area contributed by atoms with Crippen molar-refractivity contribution in [3.8, 4) is 0 Å². The van der Waals surface area contributed by atoms with E-state index in [2.05, 4.69) is 20.8 Å². The van der Waals surface area contributed by atoms with Crippen molar-refractivity contribution in [3.63, 3.8) is 0 Å². The number of nitrogens with two attached hydrogens (primary N) is 1. The van der Waals surface area contributed by atoms with Crippen LogP contribution in [0.15, 0.2) is 0 Å². The summed E-state index contributed by atoms with van der Waals surface area (Å²) in [5, 5.41) is 0. The fourth-order valence-corrected chi connectivity index (χ4v) is 1.07. The molecule has 0 aromatic heterocycles. The fraction of sp³-hybridized carbons (Fsp3) is 1.00. The number of ether oxygens (including phenoxy) is 2. The van der Waals surface area contributed by atoms with Crippen LogP contribution in [0.25, 0.3) is 0 Å². The first-order valence-corrected chi connectivity index (χ1v) is 5.52. The van der Waals surface area contributed by atoms with Gasteiger partial charge in [-0.15, -0.1) is 0 Å². The summed E-state index contributed by atoms with van der Waals surface area (Å²) in [7, 11) is 0. The molecular weight excluding hydrogens is 178 g/mol. The van der Waals surface area contributed by atoms with Gasteiger partial charge in [0.05, 0.1) is 19.3 Å². The molecule has 0 saturated carbocycles. The molecule has 0 saturated heterocycles. The maximum Gasteiger partial charge on any atom is 0.0704 e. The first-order valence-electron chi connectivity index (χ1n) is 5.52. The highest BCUT2D eigenvalue weighted by atomic mass is 16.5. The smallest absolute Gasteiger partial charge is 0.0704 e. The van der Waals surface area contributed by atoms with E-state index >= 15 is 0 Å². The van der Waals surface area contributed by atoms with Crippen molar-refractivity contribution in [1.29, 1.82) is 0 Å². The number of rotatable bonds is 8. The molecule has 2 unspecified atom stereocenters. The monoisotopic (exact) mass is 203 g/mol. The van der Waals surface area contributed by atoms with Crippen LogP contribution in [0.2, 0.25) is 0 Å². The van der Waals surface area contributed by atoms with Gasteiger partial charge in [-0.05, 0) is 19.3 Å². The second kappa shape index (κ2) is 8.21. The quantitative estimate of drug-likeness (QED) is 0.612. The van der Waals surface area contributed by atoms with Gasteiger partial charge in [0.25, 0.3) is 0 Å². The van der Waals surface area contributed by atoms with E-state index in [1.165, 1.54) is 0 Å². The van der Waals surface area contributed by atoms with Crippen LogP contribution in [0.3, 0.4) is 0 Å². The molecule has 0 spiro atoms. The molecule has 0 aromatic rings. The van der Waals surface area contributed by atoms with E-state index in [-0.39, 0.29) is 12.1 Å². The topological polar surface area (TPSA) is 44.5 Å². The van der Waals surface area contributed by atoms with Crippen LogP contribution in [0.5, 0.6) is 0 Å². The van der Waals surface area contributed by atoms with Crippen LogP contribution in [0, 0.1) is 5.92 Å². The number of hydrogen-bond donors (Lipinski definition) is 1. The highest BCUT2D eigenvalue weighted by molar-refractivity contribution is 4.66. The second-order valence-corrected chi connectivity index (χ2v) is 4.12. The van der Waals surface area contributed by atoms with Gasteiger partial charge in [0.1, 0.15) is 0 Å². The standard InChI is InChI=1S/C11H25NO2/c1-5-11(12)10(4)14-7-6-13-8-9(2)3/h9-11H,5-8,12H2,1-4H3. The molecule has 0 aliphatic rings. The Kier molecular flexibility index (Phi) is 8.14. The molecule has 0 radical (unpaired) electrons. The molecule has 0 heterocycles. The first kappa shape index (κ1) is 13.9. The molecule has 0 aromatic carbocycles. The molecule has 3 nitrogen and oxygen atoms in total. The summed E-state index contributed by atoms with van der Waals surface area (Å²) in [6, 6.07) is 0.139. The molecule has 0 aliphatic carbocycles. The van der Waals surface area contributed by atoms with Gasteiger partial charge in [-0.1, -0.05) is 20.8 Å². The Morgan fingerprint density at radius 2 is 1.79 bits per heavy atom. The van der Waals surface area contributed by atoms with Crippen molar-refractivity contribution >= 4 is 0 Å². The van der Waals surface area contributed by atoms with Gasteiger partial charge in [0.15, 0.2) is 0 Å². The SMILES string of the molecule is CCC(N)C(C)OCCOCC(C)C. The summed E-state index contributed by atoms with van der Waals surface area (Å²) in [4.78, 5) is 0. The Bertz CT molecular complexity index is 128. The average molecular weight is 203 g/mol. The zero-order chi connectivity index (χ0) is 11.0. The van der Waals surface area contributed by atoms with Gasteiger partial charge in [-0.25, -0.2) is 0 Å². The van der Waals surface area contributed by atoms with E-state index in [0.29, 0.717) is 19.1 Å². The van der Waals surface area contributed by atoms with Crippen LogP contribution >= 0.6 is 0 Å². The fourth-order valence-electron chi connectivity index (χ4n) is 1.07. The molecule has 3 heteroatoms. The van der Waals surface area contributed by atoms with Gasteiger partial charge in [-0.2, -0.15) is 0 Å². The minimum atomic E-state index is 0.127. The van der Waals surface area contributed by atoms with Gasteiger partial charge in [0, 0.05) is 12.6 Å². The van der Waals surface area contributed by atoms with Crippen molar-refractivity contribution in [1.82, 2.24) is 0 Å². The predicted octanol–water partition coefficient (Wildman–Crippen LogP) is 1.80. The van der Waals surface area contributed by atoms with Crippen LogP contribution < -0.4 is 5.73 Å². The van der Waals surface area contributed by atoms with E-state index < -0.39 is 0 Å². The third kappa shape index (κ3) is 7.30. The minimum Gasteiger partial charge on any atom is -0.379 e. The van der Waals surface area contributed by atoms with Crippen LogP contribution in [0.4, 0.5) is 0 Å². The Morgan fingerprint density at radius 3 is 2.29 bits per heavy atom. The van der Waals surface area contributed by atoms with E-state index in [1.54, 1.807) is 0 Å². The maximum atomic E-state index is 5.81. The van der Waals surface area contributed by atoms with Crippen molar-refractivity contribution in [2.75, 3.05) is 19.8 Å². The zero-order valence-corrected chi connectivity index (χ0v) is 9.95. The Morgan fingerprint density at radius 1 is 1.14 bits per heavy atom.